The van der Waals surface area contributed by atoms with Crippen LogP contribution in [0.5, 0.6) is 0 Å². The zero-order valence-corrected chi connectivity index (χ0v) is 13.2. The average molecular weight is 313 g/mol. The van der Waals surface area contributed by atoms with Crippen LogP contribution in [0.3, 0.4) is 0 Å². The fourth-order valence-electron chi connectivity index (χ4n) is 2.13. The second-order valence-corrected chi connectivity index (χ2v) is 6.98. The Kier molecular flexibility index (Phi) is 6.10. The third kappa shape index (κ3) is 5.03. The van der Waals surface area contributed by atoms with Crippen LogP contribution in [0.25, 0.3) is 0 Å². The van der Waals surface area contributed by atoms with Gasteiger partial charge in [-0.2, -0.15) is 0 Å². The van der Waals surface area contributed by atoms with Crippen molar-refractivity contribution < 1.29 is 13.2 Å². The van der Waals surface area contributed by atoms with Crippen LogP contribution in [0.15, 0.2) is 23.4 Å². The van der Waals surface area contributed by atoms with Crippen molar-refractivity contribution in [3.63, 3.8) is 0 Å². The Bertz CT molecular complexity index is 525. The molecule has 2 rings (SSSR count). The first kappa shape index (κ1) is 16.4. The lowest BCUT2D eigenvalue weighted by Gasteiger charge is -2.10. The number of nitrogens with one attached hydrogen (secondary N) is 2. The van der Waals surface area contributed by atoms with Crippen LogP contribution >= 0.6 is 0 Å². The van der Waals surface area contributed by atoms with Crippen LogP contribution in [-0.2, 0) is 21.3 Å². The number of aromatic nitrogens is 1. The summed E-state index contributed by atoms with van der Waals surface area (Å²) in [6.45, 7) is 5.48. The summed E-state index contributed by atoms with van der Waals surface area (Å²) >= 11 is 0. The SMILES string of the molecule is CCCNCc1ccc(S(=O)(=O)NCC2CCOC2)nc1. The van der Waals surface area contributed by atoms with E-state index in [1.54, 1.807) is 18.3 Å². The Hall–Kier alpha value is -1.02. The minimum absolute atomic E-state index is 0.0701. The van der Waals surface area contributed by atoms with Gasteiger partial charge in [-0.05, 0) is 36.9 Å². The first-order valence-electron chi connectivity index (χ1n) is 7.35. The van der Waals surface area contributed by atoms with Crippen molar-refractivity contribution in [2.24, 2.45) is 5.92 Å². The monoisotopic (exact) mass is 313 g/mol. The number of nitrogens with zero attached hydrogens (tertiary/aromatic N) is 1. The topological polar surface area (TPSA) is 80.3 Å². The zero-order chi connectivity index (χ0) is 15.1. The molecular formula is C14H23N3O3S. The second-order valence-electron chi connectivity index (χ2n) is 5.26. The summed E-state index contributed by atoms with van der Waals surface area (Å²) in [5.41, 5.74) is 0.978. The van der Waals surface area contributed by atoms with Gasteiger partial charge < -0.3 is 10.1 Å². The maximum absolute atomic E-state index is 12.1. The van der Waals surface area contributed by atoms with E-state index in [1.165, 1.54) is 0 Å². The molecule has 0 aromatic carbocycles. The van der Waals surface area contributed by atoms with E-state index in [0.29, 0.717) is 26.3 Å². The van der Waals surface area contributed by atoms with Crippen LogP contribution in [0, 0.1) is 5.92 Å². The standard InChI is InChI=1S/C14H23N3O3S/c1-2-6-15-8-12-3-4-14(16-9-12)21(18,19)17-10-13-5-7-20-11-13/h3-4,9,13,15,17H,2,5-8,10-11H2,1H3. The maximum atomic E-state index is 12.1. The quantitative estimate of drug-likeness (QED) is 0.697. The Labute approximate surface area is 126 Å². The van der Waals surface area contributed by atoms with Crippen molar-refractivity contribution in [1.82, 2.24) is 15.0 Å². The Morgan fingerprint density at radius 3 is 2.90 bits per heavy atom. The van der Waals surface area contributed by atoms with Crippen molar-refractivity contribution in [1.29, 1.82) is 0 Å². The molecule has 0 aliphatic carbocycles. The maximum Gasteiger partial charge on any atom is 0.258 e. The zero-order valence-electron chi connectivity index (χ0n) is 12.3. The molecule has 0 saturated carbocycles. The highest BCUT2D eigenvalue weighted by Gasteiger charge is 2.20. The molecule has 0 bridgehead atoms. The summed E-state index contributed by atoms with van der Waals surface area (Å²) in [5.74, 6) is 0.261. The molecule has 1 unspecified atom stereocenters. The van der Waals surface area contributed by atoms with E-state index in [4.69, 9.17) is 4.74 Å². The molecular weight excluding hydrogens is 290 g/mol. The predicted octanol–water partition coefficient (Wildman–Crippen LogP) is 0.896. The van der Waals surface area contributed by atoms with Crippen LogP contribution < -0.4 is 10.0 Å². The molecule has 118 valence electrons. The van der Waals surface area contributed by atoms with Crippen LogP contribution in [0.4, 0.5) is 0 Å². The highest BCUT2D eigenvalue weighted by Crippen LogP contribution is 2.13. The van der Waals surface area contributed by atoms with Gasteiger partial charge in [0.25, 0.3) is 10.0 Å². The molecule has 1 aromatic heterocycles. The molecule has 6 nitrogen and oxygen atoms in total. The molecule has 0 spiro atoms. The molecule has 1 saturated heterocycles. The van der Waals surface area contributed by atoms with Crippen molar-refractivity contribution in [2.45, 2.75) is 31.3 Å². The van der Waals surface area contributed by atoms with E-state index >= 15 is 0 Å². The second kappa shape index (κ2) is 7.84. The molecule has 2 N–H and O–H groups in total. The summed E-state index contributed by atoms with van der Waals surface area (Å²) in [6.07, 6.45) is 3.57. The fraction of sp³-hybridized carbons (Fsp3) is 0.643. The normalized spacial score (nSPS) is 19.0. The first-order valence-corrected chi connectivity index (χ1v) is 8.83. The van der Waals surface area contributed by atoms with Gasteiger partial charge in [0.1, 0.15) is 0 Å². The lowest BCUT2D eigenvalue weighted by Crippen LogP contribution is -2.30. The third-order valence-electron chi connectivity index (χ3n) is 3.41. The average Bonchev–Trinajstić information content (AvgIpc) is 3.00. The smallest absolute Gasteiger partial charge is 0.258 e. The van der Waals surface area contributed by atoms with Crippen LogP contribution in [-0.4, -0.2) is 39.7 Å². The van der Waals surface area contributed by atoms with Crippen molar-refractivity contribution in [3.8, 4) is 0 Å². The molecule has 7 heteroatoms. The summed E-state index contributed by atoms with van der Waals surface area (Å²) in [4.78, 5) is 4.05. The molecule has 21 heavy (non-hydrogen) atoms. The van der Waals surface area contributed by atoms with Crippen molar-refractivity contribution >= 4 is 10.0 Å². The first-order chi connectivity index (χ1) is 10.1. The lowest BCUT2D eigenvalue weighted by molar-refractivity contribution is 0.186. The summed E-state index contributed by atoms with van der Waals surface area (Å²) in [5, 5.41) is 3.32. The fourth-order valence-corrected chi connectivity index (χ4v) is 3.17. The van der Waals surface area contributed by atoms with Gasteiger partial charge in [0.15, 0.2) is 5.03 Å². The number of ether oxygens (including phenoxy) is 1. The lowest BCUT2D eigenvalue weighted by atomic mass is 10.1. The van der Waals surface area contributed by atoms with Crippen LogP contribution in [0.2, 0.25) is 0 Å². The van der Waals surface area contributed by atoms with Crippen LogP contribution in [0.1, 0.15) is 25.3 Å². The van der Waals surface area contributed by atoms with Gasteiger partial charge in [0.2, 0.25) is 0 Å². The van der Waals surface area contributed by atoms with Crippen molar-refractivity contribution in [2.75, 3.05) is 26.3 Å². The van der Waals surface area contributed by atoms with E-state index in [1.807, 2.05) is 0 Å². The molecule has 1 aliphatic heterocycles. The Morgan fingerprint density at radius 1 is 1.43 bits per heavy atom. The minimum Gasteiger partial charge on any atom is -0.381 e. The van der Waals surface area contributed by atoms with Gasteiger partial charge >= 0.3 is 0 Å². The van der Waals surface area contributed by atoms with Gasteiger partial charge in [0.05, 0.1) is 6.61 Å². The van der Waals surface area contributed by atoms with Gasteiger partial charge in [-0.1, -0.05) is 13.0 Å². The number of pyridine rings is 1. The van der Waals surface area contributed by atoms with Gasteiger partial charge in [-0.25, -0.2) is 18.1 Å². The van der Waals surface area contributed by atoms with E-state index < -0.39 is 10.0 Å². The van der Waals surface area contributed by atoms with E-state index in [-0.39, 0.29) is 10.9 Å². The highest BCUT2D eigenvalue weighted by molar-refractivity contribution is 7.89. The van der Waals surface area contributed by atoms with E-state index in [2.05, 4.69) is 21.9 Å². The van der Waals surface area contributed by atoms with E-state index in [0.717, 1.165) is 24.9 Å². The largest absolute Gasteiger partial charge is 0.381 e. The third-order valence-corrected chi connectivity index (χ3v) is 4.75. The summed E-state index contributed by atoms with van der Waals surface area (Å²) in [7, 11) is -3.53. The number of rotatable bonds is 8. The number of hydrogen-bond donors (Lipinski definition) is 2. The minimum atomic E-state index is -3.53. The molecule has 2 heterocycles. The van der Waals surface area contributed by atoms with Gasteiger partial charge in [-0.3, -0.25) is 0 Å². The molecule has 0 amide bonds. The highest BCUT2D eigenvalue weighted by atomic mass is 32.2. The van der Waals surface area contributed by atoms with Gasteiger partial charge in [0, 0.05) is 25.9 Å². The van der Waals surface area contributed by atoms with Gasteiger partial charge in [-0.15, -0.1) is 0 Å². The molecule has 0 radical (unpaired) electrons. The number of sulfonamides is 1. The van der Waals surface area contributed by atoms with E-state index in [9.17, 15) is 8.42 Å². The molecule has 1 atom stereocenters. The molecule has 1 aliphatic rings. The predicted molar refractivity (Wildman–Crippen MR) is 80.3 cm³/mol. The molecule has 1 aromatic rings. The Morgan fingerprint density at radius 2 is 2.29 bits per heavy atom. The van der Waals surface area contributed by atoms with Crippen molar-refractivity contribution in [3.05, 3.63) is 23.9 Å². The Balaban J connectivity index is 1.89. The number of hydrogen-bond acceptors (Lipinski definition) is 5. The summed E-state index contributed by atoms with van der Waals surface area (Å²) in [6, 6.07) is 3.35. The summed E-state index contributed by atoms with van der Waals surface area (Å²) < 4.78 is 32.1. The molecule has 1 fully saturated rings.